The zero-order valence-corrected chi connectivity index (χ0v) is 16.1. The fourth-order valence-corrected chi connectivity index (χ4v) is 3.71. The number of fused-ring (bicyclic) bond motifs is 1. The predicted molar refractivity (Wildman–Crippen MR) is 110 cm³/mol. The highest BCUT2D eigenvalue weighted by molar-refractivity contribution is 5.78. The fraction of sp³-hybridized carbons (Fsp3) is 0.238. The van der Waals surface area contributed by atoms with Crippen LogP contribution >= 0.6 is 0 Å². The minimum Gasteiger partial charge on any atom is -0.392 e. The third-order valence-corrected chi connectivity index (χ3v) is 5.16. The van der Waals surface area contributed by atoms with Crippen LogP contribution in [-0.4, -0.2) is 53.8 Å². The highest BCUT2D eigenvalue weighted by Crippen LogP contribution is 2.28. The van der Waals surface area contributed by atoms with Crippen LogP contribution in [0.3, 0.4) is 0 Å². The van der Waals surface area contributed by atoms with E-state index >= 15 is 0 Å². The summed E-state index contributed by atoms with van der Waals surface area (Å²) >= 11 is 0. The molecule has 4 aromatic heterocycles. The second-order valence-corrected chi connectivity index (χ2v) is 7.29. The summed E-state index contributed by atoms with van der Waals surface area (Å²) in [7, 11) is 0. The minimum absolute atomic E-state index is 0.279. The standard InChI is InChI=1S/C21H20FN7O/c22-16-11-23-8-4-17(16)25-21-19-14(12-28-9-6-15(30)13-28)5-10-29(19)27-20(26-21)18-3-1-2-7-24-18/h1-5,7-8,10-11,15,30H,6,9,12-13H2,(H,23,25,26,27). The van der Waals surface area contributed by atoms with Gasteiger partial charge in [0.05, 0.1) is 18.0 Å². The van der Waals surface area contributed by atoms with Crippen molar-refractivity contribution in [3.05, 3.63) is 66.5 Å². The number of pyridine rings is 2. The van der Waals surface area contributed by atoms with Crippen molar-refractivity contribution in [3.63, 3.8) is 0 Å². The van der Waals surface area contributed by atoms with Gasteiger partial charge in [-0.15, -0.1) is 5.10 Å². The van der Waals surface area contributed by atoms with Crippen molar-refractivity contribution in [2.45, 2.75) is 19.1 Å². The lowest BCUT2D eigenvalue weighted by atomic mass is 10.2. The normalized spacial score (nSPS) is 16.9. The average molecular weight is 405 g/mol. The molecule has 1 aliphatic rings. The highest BCUT2D eigenvalue weighted by atomic mass is 19.1. The Morgan fingerprint density at radius 2 is 2.13 bits per heavy atom. The maximum absolute atomic E-state index is 14.3. The number of anilines is 2. The molecule has 0 spiro atoms. The molecule has 0 saturated carbocycles. The van der Waals surface area contributed by atoms with Crippen LogP contribution in [0.25, 0.3) is 17.0 Å². The summed E-state index contributed by atoms with van der Waals surface area (Å²) in [6.45, 7) is 2.10. The quantitative estimate of drug-likeness (QED) is 0.527. The summed E-state index contributed by atoms with van der Waals surface area (Å²) in [6, 6.07) is 9.06. The van der Waals surface area contributed by atoms with Crippen LogP contribution in [0.4, 0.5) is 15.9 Å². The first kappa shape index (κ1) is 18.6. The Bertz CT molecular complexity index is 1180. The number of rotatable bonds is 5. The lowest BCUT2D eigenvalue weighted by Gasteiger charge is -2.16. The summed E-state index contributed by atoms with van der Waals surface area (Å²) in [5.74, 6) is 0.443. The van der Waals surface area contributed by atoms with Crippen LogP contribution < -0.4 is 5.32 Å². The van der Waals surface area contributed by atoms with Crippen molar-refractivity contribution in [2.24, 2.45) is 0 Å². The van der Waals surface area contributed by atoms with Crippen molar-refractivity contribution in [3.8, 4) is 11.5 Å². The molecule has 1 fully saturated rings. The molecule has 1 unspecified atom stereocenters. The van der Waals surface area contributed by atoms with E-state index < -0.39 is 5.82 Å². The van der Waals surface area contributed by atoms with Gasteiger partial charge in [0.1, 0.15) is 11.2 Å². The fourth-order valence-electron chi connectivity index (χ4n) is 3.71. The molecule has 8 nitrogen and oxygen atoms in total. The molecule has 4 aromatic rings. The number of hydrogen-bond acceptors (Lipinski definition) is 7. The molecular weight excluding hydrogens is 385 g/mol. The van der Waals surface area contributed by atoms with Gasteiger partial charge < -0.3 is 10.4 Å². The summed E-state index contributed by atoms with van der Waals surface area (Å²) < 4.78 is 16.0. The zero-order chi connectivity index (χ0) is 20.5. The van der Waals surface area contributed by atoms with Crippen LogP contribution in [-0.2, 0) is 6.54 Å². The van der Waals surface area contributed by atoms with E-state index in [0.29, 0.717) is 30.4 Å². The molecular formula is C21H20FN7O. The van der Waals surface area contributed by atoms with E-state index in [0.717, 1.165) is 30.2 Å². The summed E-state index contributed by atoms with van der Waals surface area (Å²) in [6.07, 6.45) is 6.69. The zero-order valence-electron chi connectivity index (χ0n) is 16.1. The molecule has 1 atom stereocenters. The second-order valence-electron chi connectivity index (χ2n) is 7.29. The predicted octanol–water partition coefficient (Wildman–Crippen LogP) is 2.64. The van der Waals surface area contributed by atoms with Gasteiger partial charge in [-0.1, -0.05) is 6.07 Å². The first-order chi connectivity index (χ1) is 14.7. The van der Waals surface area contributed by atoms with Gasteiger partial charge in [-0.3, -0.25) is 14.9 Å². The molecule has 5 rings (SSSR count). The topological polar surface area (TPSA) is 91.5 Å². The monoisotopic (exact) mass is 405 g/mol. The second kappa shape index (κ2) is 7.77. The molecule has 0 radical (unpaired) electrons. The maximum Gasteiger partial charge on any atom is 0.200 e. The van der Waals surface area contributed by atoms with Crippen LogP contribution in [0.2, 0.25) is 0 Å². The van der Waals surface area contributed by atoms with E-state index in [-0.39, 0.29) is 11.8 Å². The summed E-state index contributed by atoms with van der Waals surface area (Å²) in [5, 5.41) is 17.6. The number of hydrogen-bond donors (Lipinski definition) is 2. The Morgan fingerprint density at radius 3 is 2.90 bits per heavy atom. The first-order valence-electron chi connectivity index (χ1n) is 9.74. The van der Waals surface area contributed by atoms with E-state index in [4.69, 9.17) is 0 Å². The number of aliphatic hydroxyl groups is 1. The van der Waals surface area contributed by atoms with Crippen LogP contribution in [0.5, 0.6) is 0 Å². The van der Waals surface area contributed by atoms with Gasteiger partial charge in [0.25, 0.3) is 0 Å². The van der Waals surface area contributed by atoms with Crippen molar-refractivity contribution < 1.29 is 9.50 Å². The summed E-state index contributed by atoms with van der Waals surface area (Å²) in [4.78, 5) is 15.0. The van der Waals surface area contributed by atoms with Gasteiger partial charge in [0.15, 0.2) is 11.6 Å². The van der Waals surface area contributed by atoms with Gasteiger partial charge in [0, 0.05) is 38.2 Å². The third kappa shape index (κ3) is 3.60. The van der Waals surface area contributed by atoms with Gasteiger partial charge in [-0.05, 0) is 36.2 Å². The molecule has 30 heavy (non-hydrogen) atoms. The van der Waals surface area contributed by atoms with Crippen LogP contribution in [0, 0.1) is 5.82 Å². The summed E-state index contributed by atoms with van der Waals surface area (Å²) in [5.41, 5.74) is 2.65. The first-order valence-corrected chi connectivity index (χ1v) is 9.74. The van der Waals surface area contributed by atoms with E-state index in [2.05, 4.69) is 30.3 Å². The lowest BCUT2D eigenvalue weighted by molar-refractivity contribution is 0.175. The molecule has 0 amide bonds. The van der Waals surface area contributed by atoms with E-state index in [1.54, 1.807) is 16.8 Å². The molecule has 0 aromatic carbocycles. The maximum atomic E-state index is 14.3. The molecule has 5 heterocycles. The molecule has 1 aliphatic heterocycles. The lowest BCUT2D eigenvalue weighted by Crippen LogP contribution is -2.21. The van der Waals surface area contributed by atoms with E-state index in [1.807, 2.05) is 30.5 Å². The van der Waals surface area contributed by atoms with Gasteiger partial charge >= 0.3 is 0 Å². The third-order valence-electron chi connectivity index (χ3n) is 5.16. The number of aliphatic hydroxyl groups excluding tert-OH is 1. The number of aromatic nitrogens is 5. The van der Waals surface area contributed by atoms with Gasteiger partial charge in [0.2, 0.25) is 5.82 Å². The van der Waals surface area contributed by atoms with E-state index in [9.17, 15) is 9.50 Å². The Kier molecular flexibility index (Phi) is 4.82. The highest BCUT2D eigenvalue weighted by Gasteiger charge is 2.23. The molecule has 2 N–H and O–H groups in total. The molecule has 0 bridgehead atoms. The van der Waals surface area contributed by atoms with Crippen LogP contribution in [0.1, 0.15) is 12.0 Å². The molecule has 152 valence electrons. The smallest absolute Gasteiger partial charge is 0.200 e. The SMILES string of the molecule is OC1CCN(Cc2ccn3nc(-c4ccccn4)nc(Nc4ccncc4F)c23)C1. The Balaban J connectivity index is 1.60. The van der Waals surface area contributed by atoms with Crippen molar-refractivity contribution in [2.75, 3.05) is 18.4 Å². The molecule has 9 heteroatoms. The molecule has 1 saturated heterocycles. The number of halogens is 1. The Morgan fingerprint density at radius 1 is 1.20 bits per heavy atom. The van der Waals surface area contributed by atoms with Gasteiger partial charge in [-0.25, -0.2) is 13.9 Å². The van der Waals surface area contributed by atoms with Crippen molar-refractivity contribution in [1.82, 2.24) is 29.5 Å². The van der Waals surface area contributed by atoms with Gasteiger partial charge in [-0.2, -0.15) is 0 Å². The Labute approximate surface area is 172 Å². The average Bonchev–Trinajstić information content (AvgIpc) is 3.36. The van der Waals surface area contributed by atoms with Crippen molar-refractivity contribution >= 4 is 17.0 Å². The van der Waals surface area contributed by atoms with Crippen molar-refractivity contribution in [1.29, 1.82) is 0 Å². The number of likely N-dealkylation sites (tertiary alicyclic amines) is 1. The largest absolute Gasteiger partial charge is 0.392 e. The molecule has 0 aliphatic carbocycles. The minimum atomic E-state index is -0.468. The Hall–Kier alpha value is -3.43. The van der Waals surface area contributed by atoms with E-state index in [1.165, 1.54) is 6.20 Å². The number of β-amino-alcohol motifs (C(OH)–C–C–N with tert-alkyl or cyclic N) is 1. The number of nitrogens with one attached hydrogen (secondary N) is 1. The van der Waals surface area contributed by atoms with Crippen LogP contribution in [0.15, 0.2) is 55.1 Å². The number of nitrogens with zero attached hydrogens (tertiary/aromatic N) is 6.